The molecule has 0 aliphatic carbocycles. The molecule has 4 nitrogen and oxygen atoms in total. The standard InChI is InChI=1S/C13H20N4S/c1-4-15-12(7-11-8-14-9-18-11)13-6-10(3)16-17(13)5-2/h6,8-9,12,15H,4-5,7H2,1-3H3. The zero-order valence-electron chi connectivity index (χ0n) is 11.2. The van der Waals surface area contributed by atoms with Crippen molar-refractivity contribution in [3.05, 3.63) is 34.0 Å². The Labute approximate surface area is 112 Å². The molecule has 0 saturated carbocycles. The molecule has 0 aromatic carbocycles. The van der Waals surface area contributed by atoms with Gasteiger partial charge in [0.25, 0.3) is 0 Å². The predicted molar refractivity (Wildman–Crippen MR) is 74.9 cm³/mol. The van der Waals surface area contributed by atoms with Gasteiger partial charge in [0.15, 0.2) is 0 Å². The van der Waals surface area contributed by atoms with Gasteiger partial charge in [-0.15, -0.1) is 11.3 Å². The molecule has 98 valence electrons. The van der Waals surface area contributed by atoms with Gasteiger partial charge >= 0.3 is 0 Å². The largest absolute Gasteiger partial charge is 0.309 e. The first kappa shape index (κ1) is 13.2. The van der Waals surface area contributed by atoms with Crippen LogP contribution in [0.5, 0.6) is 0 Å². The third-order valence-corrected chi connectivity index (χ3v) is 3.73. The zero-order valence-corrected chi connectivity index (χ0v) is 12.0. The van der Waals surface area contributed by atoms with Crippen LogP contribution in [-0.2, 0) is 13.0 Å². The lowest BCUT2D eigenvalue weighted by atomic mass is 10.1. The fraction of sp³-hybridized carbons (Fsp3) is 0.538. The van der Waals surface area contributed by atoms with Crippen molar-refractivity contribution in [3.63, 3.8) is 0 Å². The Balaban J connectivity index is 2.22. The third-order valence-electron chi connectivity index (χ3n) is 2.93. The molecule has 18 heavy (non-hydrogen) atoms. The summed E-state index contributed by atoms with van der Waals surface area (Å²) < 4.78 is 2.09. The van der Waals surface area contributed by atoms with E-state index in [1.807, 2.05) is 18.6 Å². The predicted octanol–water partition coefficient (Wildman–Crippen LogP) is 2.56. The molecule has 0 aliphatic heterocycles. The molecule has 1 atom stereocenters. The summed E-state index contributed by atoms with van der Waals surface area (Å²) in [4.78, 5) is 5.45. The first-order chi connectivity index (χ1) is 8.74. The Morgan fingerprint density at radius 1 is 1.44 bits per heavy atom. The van der Waals surface area contributed by atoms with Crippen molar-refractivity contribution in [2.45, 2.75) is 39.8 Å². The first-order valence-corrected chi connectivity index (χ1v) is 7.27. The molecule has 1 unspecified atom stereocenters. The molecule has 0 aliphatic rings. The maximum atomic E-state index is 4.53. The molecule has 2 aromatic heterocycles. The smallest absolute Gasteiger partial charge is 0.0794 e. The van der Waals surface area contributed by atoms with Crippen LogP contribution >= 0.6 is 11.3 Å². The first-order valence-electron chi connectivity index (χ1n) is 6.39. The topological polar surface area (TPSA) is 42.7 Å². The minimum atomic E-state index is 0.316. The maximum absolute atomic E-state index is 4.53. The number of aromatic nitrogens is 3. The van der Waals surface area contributed by atoms with E-state index in [1.165, 1.54) is 10.6 Å². The summed E-state index contributed by atoms with van der Waals surface area (Å²) in [6.45, 7) is 8.18. The van der Waals surface area contributed by atoms with Crippen LogP contribution in [0.3, 0.4) is 0 Å². The summed E-state index contributed by atoms with van der Waals surface area (Å²) >= 11 is 1.71. The third kappa shape index (κ3) is 2.97. The summed E-state index contributed by atoms with van der Waals surface area (Å²) in [6.07, 6.45) is 2.93. The molecular formula is C13H20N4S. The lowest BCUT2D eigenvalue weighted by Crippen LogP contribution is -2.25. The molecule has 0 bridgehead atoms. The Bertz CT molecular complexity index is 475. The highest BCUT2D eigenvalue weighted by Crippen LogP contribution is 2.21. The molecule has 0 fully saturated rings. The van der Waals surface area contributed by atoms with Gasteiger partial charge in [0, 0.05) is 24.0 Å². The Morgan fingerprint density at radius 2 is 2.28 bits per heavy atom. The SMILES string of the molecule is CCNC(Cc1cncs1)c1cc(C)nn1CC. The Hall–Kier alpha value is -1.20. The molecular weight excluding hydrogens is 244 g/mol. The highest BCUT2D eigenvalue weighted by atomic mass is 32.1. The number of nitrogens with one attached hydrogen (secondary N) is 1. The molecule has 2 rings (SSSR count). The van der Waals surface area contributed by atoms with Gasteiger partial charge in [-0.1, -0.05) is 6.92 Å². The van der Waals surface area contributed by atoms with E-state index in [1.54, 1.807) is 11.3 Å². The van der Waals surface area contributed by atoms with E-state index < -0.39 is 0 Å². The van der Waals surface area contributed by atoms with E-state index >= 15 is 0 Å². The van der Waals surface area contributed by atoms with Crippen molar-refractivity contribution in [2.75, 3.05) is 6.54 Å². The van der Waals surface area contributed by atoms with Gasteiger partial charge in [-0.2, -0.15) is 5.10 Å². The van der Waals surface area contributed by atoms with Crippen molar-refractivity contribution in [1.82, 2.24) is 20.1 Å². The molecule has 0 spiro atoms. The molecule has 5 heteroatoms. The van der Waals surface area contributed by atoms with E-state index in [4.69, 9.17) is 0 Å². The monoisotopic (exact) mass is 264 g/mol. The summed E-state index contributed by atoms with van der Waals surface area (Å²) in [7, 11) is 0. The van der Waals surface area contributed by atoms with Gasteiger partial charge in [-0.25, -0.2) is 0 Å². The van der Waals surface area contributed by atoms with E-state index in [0.29, 0.717) is 6.04 Å². The number of rotatable bonds is 6. The van der Waals surface area contributed by atoms with Crippen molar-refractivity contribution in [1.29, 1.82) is 0 Å². The fourth-order valence-corrected chi connectivity index (χ4v) is 2.81. The van der Waals surface area contributed by atoms with Gasteiger partial charge in [0.05, 0.1) is 22.9 Å². The highest BCUT2D eigenvalue weighted by Gasteiger charge is 2.17. The highest BCUT2D eigenvalue weighted by molar-refractivity contribution is 7.09. The summed E-state index contributed by atoms with van der Waals surface area (Å²) in [5.41, 5.74) is 4.24. The fourth-order valence-electron chi connectivity index (χ4n) is 2.17. The summed E-state index contributed by atoms with van der Waals surface area (Å²) in [6, 6.07) is 2.49. The minimum Gasteiger partial charge on any atom is -0.309 e. The molecule has 0 radical (unpaired) electrons. The minimum absolute atomic E-state index is 0.316. The maximum Gasteiger partial charge on any atom is 0.0794 e. The Morgan fingerprint density at radius 3 is 2.89 bits per heavy atom. The van der Waals surface area contributed by atoms with Gasteiger partial charge in [0.1, 0.15) is 0 Å². The van der Waals surface area contributed by atoms with Crippen LogP contribution in [0.1, 0.15) is 36.2 Å². The zero-order chi connectivity index (χ0) is 13.0. The Kier molecular flexibility index (Phi) is 4.49. The second-order valence-corrected chi connectivity index (χ2v) is 5.28. The van der Waals surface area contributed by atoms with Crippen molar-refractivity contribution in [2.24, 2.45) is 0 Å². The molecule has 0 saturated heterocycles. The number of thiazole rings is 1. The molecule has 0 amide bonds. The molecule has 1 N–H and O–H groups in total. The number of hydrogen-bond acceptors (Lipinski definition) is 4. The summed E-state index contributed by atoms with van der Waals surface area (Å²) in [5.74, 6) is 0. The lowest BCUT2D eigenvalue weighted by Gasteiger charge is -2.18. The second-order valence-electron chi connectivity index (χ2n) is 4.31. The van der Waals surface area contributed by atoms with E-state index in [0.717, 1.165) is 25.2 Å². The number of nitrogens with zero attached hydrogens (tertiary/aromatic N) is 3. The molecule has 2 aromatic rings. The number of aryl methyl sites for hydroxylation is 2. The van der Waals surface area contributed by atoms with Crippen molar-refractivity contribution >= 4 is 11.3 Å². The van der Waals surface area contributed by atoms with Crippen LogP contribution < -0.4 is 5.32 Å². The van der Waals surface area contributed by atoms with Crippen LogP contribution in [0.25, 0.3) is 0 Å². The average molecular weight is 264 g/mol. The lowest BCUT2D eigenvalue weighted by molar-refractivity contribution is 0.492. The van der Waals surface area contributed by atoms with Crippen molar-refractivity contribution < 1.29 is 0 Å². The molecule has 2 heterocycles. The van der Waals surface area contributed by atoms with Crippen LogP contribution in [-0.4, -0.2) is 21.3 Å². The van der Waals surface area contributed by atoms with Crippen LogP contribution in [0.4, 0.5) is 0 Å². The van der Waals surface area contributed by atoms with Gasteiger partial charge in [-0.3, -0.25) is 9.67 Å². The van der Waals surface area contributed by atoms with Crippen LogP contribution in [0, 0.1) is 6.92 Å². The number of likely N-dealkylation sites (N-methyl/N-ethyl adjacent to an activating group) is 1. The van der Waals surface area contributed by atoms with Gasteiger partial charge in [0.2, 0.25) is 0 Å². The summed E-state index contributed by atoms with van der Waals surface area (Å²) in [5, 5.41) is 8.07. The quantitative estimate of drug-likeness (QED) is 0.872. The van der Waals surface area contributed by atoms with E-state index in [-0.39, 0.29) is 0 Å². The van der Waals surface area contributed by atoms with Gasteiger partial charge in [-0.05, 0) is 26.5 Å². The van der Waals surface area contributed by atoms with Crippen molar-refractivity contribution in [3.8, 4) is 0 Å². The average Bonchev–Trinajstić information content (AvgIpc) is 2.97. The van der Waals surface area contributed by atoms with Crippen LogP contribution in [0.15, 0.2) is 17.8 Å². The second kappa shape index (κ2) is 6.11. The van der Waals surface area contributed by atoms with Gasteiger partial charge < -0.3 is 5.32 Å². The number of hydrogen-bond donors (Lipinski definition) is 1. The van der Waals surface area contributed by atoms with Crippen LogP contribution in [0.2, 0.25) is 0 Å². The van der Waals surface area contributed by atoms with E-state index in [2.05, 4.69) is 40.0 Å². The normalized spacial score (nSPS) is 12.8. The van der Waals surface area contributed by atoms with E-state index in [9.17, 15) is 0 Å².